The van der Waals surface area contributed by atoms with Crippen LogP contribution in [0.4, 0.5) is 5.82 Å². The number of carbonyl (C=O) groups excluding carboxylic acids is 1. The summed E-state index contributed by atoms with van der Waals surface area (Å²) in [6.07, 6.45) is 5.96. The molecule has 0 N–H and O–H groups in total. The van der Waals surface area contributed by atoms with E-state index in [9.17, 15) is 10.1 Å². The number of hydrogen-bond donors (Lipinski definition) is 0. The molecule has 2 heterocycles. The number of fused-ring (bicyclic) bond motifs is 1. The quantitative estimate of drug-likeness (QED) is 0.608. The summed E-state index contributed by atoms with van der Waals surface area (Å²) < 4.78 is 5.11. The number of nitrogens with zero attached hydrogens (tertiary/aromatic N) is 4. The van der Waals surface area contributed by atoms with Gasteiger partial charge in [-0.15, -0.1) is 0 Å². The maximum Gasteiger partial charge on any atom is 0.330 e. The number of benzene rings is 1. The van der Waals surface area contributed by atoms with Crippen LogP contribution in [0.2, 0.25) is 0 Å². The Labute approximate surface area is 153 Å². The van der Waals surface area contributed by atoms with Crippen molar-refractivity contribution in [2.24, 2.45) is 0 Å². The van der Waals surface area contributed by atoms with Gasteiger partial charge in [-0.3, -0.25) is 4.79 Å². The fourth-order valence-electron chi connectivity index (χ4n) is 3.16. The molecule has 1 atom stereocenters. The first-order chi connectivity index (χ1) is 12.7. The van der Waals surface area contributed by atoms with E-state index in [2.05, 4.69) is 16.5 Å². The molecule has 6 nitrogen and oxygen atoms in total. The van der Waals surface area contributed by atoms with Gasteiger partial charge in [0.25, 0.3) is 0 Å². The molecule has 2 aromatic rings. The van der Waals surface area contributed by atoms with Crippen LogP contribution in [0.15, 0.2) is 36.9 Å². The van der Waals surface area contributed by atoms with E-state index < -0.39 is 11.9 Å². The molecule has 1 aliphatic heterocycles. The lowest BCUT2D eigenvalue weighted by atomic mass is 10.1. The second-order valence-corrected chi connectivity index (χ2v) is 6.30. The highest BCUT2D eigenvalue weighted by Crippen LogP contribution is 2.29. The Morgan fingerprint density at radius 3 is 2.50 bits per heavy atom. The molecule has 0 aliphatic carbocycles. The van der Waals surface area contributed by atoms with Crippen LogP contribution in [0.1, 0.15) is 37.3 Å². The zero-order chi connectivity index (χ0) is 18.4. The number of rotatable bonds is 5. The van der Waals surface area contributed by atoms with Gasteiger partial charge < -0.3 is 9.64 Å². The van der Waals surface area contributed by atoms with Gasteiger partial charge in [0.15, 0.2) is 11.7 Å². The van der Waals surface area contributed by atoms with Crippen molar-refractivity contribution in [3.8, 4) is 6.07 Å². The molecule has 1 aromatic heterocycles. The standard InChI is InChI=1S/C20H22N4O2/c1-2-13-26-20(25)15(14-21)18-19(24-11-7-3-4-8-12-24)23-17-10-6-5-9-16(17)22-18/h2,5-6,9-10,15H,1,3-4,7-8,11-13H2. The van der Waals surface area contributed by atoms with Crippen molar-refractivity contribution in [2.75, 3.05) is 24.6 Å². The minimum atomic E-state index is -1.11. The van der Waals surface area contributed by atoms with Crippen LogP contribution in [0.3, 0.4) is 0 Å². The highest BCUT2D eigenvalue weighted by atomic mass is 16.5. The van der Waals surface area contributed by atoms with E-state index >= 15 is 0 Å². The topological polar surface area (TPSA) is 79.1 Å². The summed E-state index contributed by atoms with van der Waals surface area (Å²) in [5, 5.41) is 9.64. The first kappa shape index (κ1) is 17.9. The molecule has 1 aliphatic rings. The summed E-state index contributed by atoms with van der Waals surface area (Å²) in [5.74, 6) is -1.11. The number of hydrogen-bond acceptors (Lipinski definition) is 6. The Bertz CT molecular complexity index is 835. The molecule has 0 amide bonds. The molecular formula is C20H22N4O2. The van der Waals surface area contributed by atoms with Crippen molar-refractivity contribution in [3.05, 3.63) is 42.6 Å². The average Bonchev–Trinajstić information content (AvgIpc) is 2.95. The summed E-state index contributed by atoms with van der Waals surface area (Å²) in [4.78, 5) is 23.9. The fourth-order valence-corrected chi connectivity index (χ4v) is 3.16. The minimum absolute atomic E-state index is 0.0665. The third-order valence-electron chi connectivity index (χ3n) is 4.47. The second-order valence-electron chi connectivity index (χ2n) is 6.30. The number of ether oxygens (including phenoxy) is 1. The largest absolute Gasteiger partial charge is 0.460 e. The molecule has 6 heteroatoms. The number of carbonyl (C=O) groups is 1. The highest BCUT2D eigenvalue weighted by Gasteiger charge is 2.30. The summed E-state index contributed by atoms with van der Waals surface area (Å²) in [5.41, 5.74) is 1.80. The number of esters is 1. The van der Waals surface area contributed by atoms with Gasteiger partial charge in [0.05, 0.1) is 17.1 Å². The highest BCUT2D eigenvalue weighted by molar-refractivity contribution is 5.85. The molecule has 0 radical (unpaired) electrons. The SMILES string of the molecule is C=CCOC(=O)C(C#N)c1nc2ccccc2nc1N1CCCCCC1. The Hall–Kier alpha value is -2.94. The van der Waals surface area contributed by atoms with E-state index in [1.54, 1.807) is 0 Å². The van der Waals surface area contributed by atoms with Gasteiger partial charge in [0.2, 0.25) is 0 Å². The van der Waals surface area contributed by atoms with Crippen molar-refractivity contribution >= 4 is 22.8 Å². The van der Waals surface area contributed by atoms with Gasteiger partial charge in [-0.1, -0.05) is 37.6 Å². The summed E-state index contributed by atoms with van der Waals surface area (Å²) in [6, 6.07) is 9.55. The minimum Gasteiger partial charge on any atom is -0.460 e. The number of aromatic nitrogens is 2. The van der Waals surface area contributed by atoms with Crippen LogP contribution >= 0.6 is 0 Å². The van der Waals surface area contributed by atoms with Crippen LogP contribution in [0, 0.1) is 11.3 Å². The van der Waals surface area contributed by atoms with Crippen LogP contribution < -0.4 is 4.90 Å². The van der Waals surface area contributed by atoms with Crippen molar-refractivity contribution in [2.45, 2.75) is 31.6 Å². The van der Waals surface area contributed by atoms with Crippen LogP contribution in [-0.4, -0.2) is 35.6 Å². The Kier molecular flexibility index (Phi) is 5.80. The van der Waals surface area contributed by atoms with Gasteiger partial charge in [0.1, 0.15) is 12.3 Å². The molecule has 1 unspecified atom stereocenters. The lowest BCUT2D eigenvalue weighted by Crippen LogP contribution is -2.28. The number of anilines is 1. The first-order valence-electron chi connectivity index (χ1n) is 8.93. The first-order valence-corrected chi connectivity index (χ1v) is 8.93. The summed E-state index contributed by atoms with van der Waals surface area (Å²) in [7, 11) is 0. The van der Waals surface area contributed by atoms with Gasteiger partial charge in [0, 0.05) is 13.1 Å². The molecule has 26 heavy (non-hydrogen) atoms. The molecule has 0 bridgehead atoms. The van der Waals surface area contributed by atoms with Gasteiger partial charge in [-0.25, -0.2) is 9.97 Å². The van der Waals surface area contributed by atoms with Gasteiger partial charge in [-0.05, 0) is 25.0 Å². The number of nitriles is 1. The summed E-state index contributed by atoms with van der Waals surface area (Å²) in [6.45, 7) is 5.30. The van der Waals surface area contributed by atoms with E-state index in [1.807, 2.05) is 30.3 Å². The predicted molar refractivity (Wildman–Crippen MR) is 99.7 cm³/mol. The van der Waals surface area contributed by atoms with Gasteiger partial charge in [-0.2, -0.15) is 5.26 Å². The molecule has 3 rings (SSSR count). The second kappa shape index (κ2) is 8.43. The average molecular weight is 350 g/mol. The fraction of sp³-hybridized carbons (Fsp3) is 0.400. The predicted octanol–water partition coefficient (Wildman–Crippen LogP) is 3.35. The van der Waals surface area contributed by atoms with E-state index in [4.69, 9.17) is 9.72 Å². The van der Waals surface area contributed by atoms with Crippen LogP contribution in [0.25, 0.3) is 11.0 Å². The lowest BCUT2D eigenvalue weighted by molar-refractivity contribution is -0.142. The van der Waals surface area contributed by atoms with Gasteiger partial charge >= 0.3 is 5.97 Å². The maximum absolute atomic E-state index is 12.4. The molecule has 134 valence electrons. The lowest BCUT2D eigenvalue weighted by Gasteiger charge is -2.25. The number of para-hydroxylation sites is 2. The van der Waals surface area contributed by atoms with Crippen molar-refractivity contribution < 1.29 is 9.53 Å². The zero-order valence-electron chi connectivity index (χ0n) is 14.7. The molecule has 1 aromatic carbocycles. The van der Waals surface area contributed by atoms with E-state index in [0.29, 0.717) is 17.0 Å². The monoisotopic (exact) mass is 350 g/mol. The third kappa shape index (κ3) is 3.83. The molecule has 0 spiro atoms. The summed E-state index contributed by atoms with van der Waals surface area (Å²) >= 11 is 0. The van der Waals surface area contributed by atoms with Crippen molar-refractivity contribution in [1.82, 2.24) is 9.97 Å². The Balaban J connectivity index is 2.08. The maximum atomic E-state index is 12.4. The Morgan fingerprint density at radius 1 is 1.23 bits per heavy atom. The smallest absolute Gasteiger partial charge is 0.330 e. The van der Waals surface area contributed by atoms with Crippen molar-refractivity contribution in [3.63, 3.8) is 0 Å². The molecule has 1 saturated heterocycles. The van der Waals surface area contributed by atoms with E-state index in [1.165, 1.54) is 18.9 Å². The normalized spacial score (nSPS) is 15.7. The van der Waals surface area contributed by atoms with Crippen LogP contribution in [0.5, 0.6) is 0 Å². The zero-order valence-corrected chi connectivity index (χ0v) is 14.7. The third-order valence-corrected chi connectivity index (χ3v) is 4.47. The van der Waals surface area contributed by atoms with E-state index in [-0.39, 0.29) is 6.61 Å². The van der Waals surface area contributed by atoms with Crippen molar-refractivity contribution in [1.29, 1.82) is 5.26 Å². The van der Waals surface area contributed by atoms with Crippen LogP contribution in [-0.2, 0) is 9.53 Å². The molecule has 1 fully saturated rings. The Morgan fingerprint density at radius 2 is 1.88 bits per heavy atom. The molecular weight excluding hydrogens is 328 g/mol. The van der Waals surface area contributed by atoms with E-state index in [0.717, 1.165) is 31.4 Å². The molecule has 0 saturated carbocycles.